The van der Waals surface area contributed by atoms with Crippen LogP contribution >= 0.6 is 12.2 Å². The molecule has 7 nitrogen and oxygen atoms in total. The number of benzene rings is 1. The molecule has 1 aromatic rings. The number of amides is 1. The van der Waals surface area contributed by atoms with E-state index in [9.17, 15) is 4.79 Å². The van der Waals surface area contributed by atoms with Crippen LogP contribution in [0.5, 0.6) is 0 Å². The number of rotatable bonds is 5. The zero-order chi connectivity index (χ0) is 17.9. The van der Waals surface area contributed by atoms with Crippen molar-refractivity contribution in [1.29, 1.82) is 0 Å². The number of carbonyl (C=O) groups is 1. The minimum atomic E-state index is -0.764. The Balaban J connectivity index is 2.30. The largest absolute Gasteiger partial charge is 0.334 e. The normalized spacial score (nSPS) is 16.1. The molecule has 1 aromatic carbocycles. The Labute approximate surface area is 146 Å². The summed E-state index contributed by atoms with van der Waals surface area (Å²) in [4.78, 5) is 22.4. The van der Waals surface area contributed by atoms with Crippen LogP contribution in [0.15, 0.2) is 23.3 Å². The number of thiocarbonyl (C=S) groups is 1. The van der Waals surface area contributed by atoms with Crippen LogP contribution in [0.1, 0.15) is 25.8 Å². The van der Waals surface area contributed by atoms with E-state index in [1.807, 2.05) is 25.7 Å². The van der Waals surface area contributed by atoms with Gasteiger partial charge >= 0.3 is 0 Å². The summed E-state index contributed by atoms with van der Waals surface area (Å²) >= 11 is 5.52. The lowest BCUT2D eigenvalue weighted by atomic mass is 10.0. The Bertz CT molecular complexity index is 775. The topological polar surface area (TPSA) is 76.7 Å². The summed E-state index contributed by atoms with van der Waals surface area (Å²) in [7, 11) is 0. The van der Waals surface area contributed by atoms with Crippen molar-refractivity contribution in [2.75, 3.05) is 18.0 Å². The smallest absolute Gasteiger partial charge is 0.258 e. The van der Waals surface area contributed by atoms with Crippen molar-refractivity contribution < 1.29 is 4.79 Å². The molecule has 0 saturated carbocycles. The summed E-state index contributed by atoms with van der Waals surface area (Å²) in [6.45, 7) is 13.5. The highest BCUT2D eigenvalue weighted by molar-refractivity contribution is 7.80. The first-order valence-corrected chi connectivity index (χ1v) is 7.90. The molecule has 1 amide bonds. The maximum absolute atomic E-state index is 12.9. The van der Waals surface area contributed by atoms with Crippen molar-refractivity contribution in [3.8, 4) is 0 Å². The molecule has 1 heterocycles. The summed E-state index contributed by atoms with van der Waals surface area (Å²) in [5.41, 5.74) is 9.61. The second-order valence-electron chi connectivity index (χ2n) is 6.02. The zero-order valence-corrected chi connectivity index (χ0v) is 14.7. The van der Waals surface area contributed by atoms with Gasteiger partial charge in [0.25, 0.3) is 5.91 Å². The van der Waals surface area contributed by atoms with Crippen LogP contribution in [0.2, 0.25) is 0 Å². The van der Waals surface area contributed by atoms with Crippen molar-refractivity contribution in [1.82, 2.24) is 4.90 Å². The van der Waals surface area contributed by atoms with Gasteiger partial charge in [0.1, 0.15) is 5.54 Å². The molecule has 8 heteroatoms. The molecule has 0 radical (unpaired) electrons. The first kappa shape index (κ1) is 17.7. The summed E-state index contributed by atoms with van der Waals surface area (Å²) in [6.07, 6.45) is 0.616. The van der Waals surface area contributed by atoms with Crippen LogP contribution in [-0.4, -0.2) is 34.5 Å². The van der Waals surface area contributed by atoms with E-state index in [4.69, 9.17) is 24.3 Å². The second-order valence-corrected chi connectivity index (χ2v) is 6.39. The Morgan fingerprint density at radius 1 is 1.42 bits per heavy atom. The average Bonchev–Trinajstić information content (AvgIpc) is 2.70. The maximum Gasteiger partial charge on any atom is 0.258 e. The third kappa shape index (κ3) is 3.04. The van der Waals surface area contributed by atoms with Gasteiger partial charge in [0, 0.05) is 23.7 Å². The van der Waals surface area contributed by atoms with E-state index in [0.29, 0.717) is 36.0 Å². The summed E-state index contributed by atoms with van der Waals surface area (Å²) in [5.74, 6) is -0.105. The Morgan fingerprint density at radius 3 is 2.71 bits per heavy atom. The van der Waals surface area contributed by atoms with Crippen LogP contribution < -0.4 is 4.90 Å². The SMILES string of the molecule is [C-]#[N+]c1ccc(N2C(=O)C(C)(C)N(CCCN=[N+]=[N-])C2=S)cc1C. The molecule has 0 N–H and O–H groups in total. The van der Waals surface area contributed by atoms with Gasteiger partial charge in [-0.25, -0.2) is 4.85 Å². The van der Waals surface area contributed by atoms with Crippen molar-refractivity contribution in [3.63, 3.8) is 0 Å². The van der Waals surface area contributed by atoms with Crippen molar-refractivity contribution in [2.45, 2.75) is 32.7 Å². The van der Waals surface area contributed by atoms with Gasteiger partial charge in [-0.15, -0.1) is 0 Å². The second kappa shape index (κ2) is 6.87. The lowest BCUT2D eigenvalue weighted by molar-refractivity contribution is -0.123. The van der Waals surface area contributed by atoms with E-state index in [2.05, 4.69) is 14.9 Å². The number of azide groups is 1. The highest BCUT2D eigenvalue weighted by Crippen LogP contribution is 2.34. The molecule has 2 rings (SSSR count). The third-order valence-electron chi connectivity index (χ3n) is 4.09. The van der Waals surface area contributed by atoms with Crippen molar-refractivity contribution >= 4 is 34.6 Å². The van der Waals surface area contributed by atoms with Gasteiger partial charge in [-0.3, -0.25) is 9.69 Å². The zero-order valence-electron chi connectivity index (χ0n) is 13.9. The van der Waals surface area contributed by atoms with E-state index >= 15 is 0 Å². The number of aryl methyl sites for hydroxylation is 1. The average molecular weight is 342 g/mol. The molecule has 0 spiro atoms. The maximum atomic E-state index is 12.9. The van der Waals surface area contributed by atoms with Crippen molar-refractivity contribution in [3.05, 3.63) is 45.6 Å². The van der Waals surface area contributed by atoms with Gasteiger partial charge in [-0.2, -0.15) is 0 Å². The van der Waals surface area contributed by atoms with Crippen LogP contribution in [0.25, 0.3) is 15.3 Å². The first-order chi connectivity index (χ1) is 11.3. The molecule has 0 unspecified atom stereocenters. The molecular formula is C16H18N6OS. The summed E-state index contributed by atoms with van der Waals surface area (Å²) < 4.78 is 0. The highest BCUT2D eigenvalue weighted by Gasteiger charge is 2.49. The lowest BCUT2D eigenvalue weighted by Crippen LogP contribution is -2.44. The van der Waals surface area contributed by atoms with E-state index < -0.39 is 5.54 Å². The number of nitrogens with zero attached hydrogens (tertiary/aromatic N) is 6. The van der Waals surface area contributed by atoms with Crippen LogP contribution in [-0.2, 0) is 4.79 Å². The van der Waals surface area contributed by atoms with Gasteiger partial charge in [0.2, 0.25) is 0 Å². The molecular weight excluding hydrogens is 324 g/mol. The summed E-state index contributed by atoms with van der Waals surface area (Å²) in [5, 5.41) is 3.95. The summed E-state index contributed by atoms with van der Waals surface area (Å²) in [6, 6.07) is 5.24. The third-order valence-corrected chi connectivity index (χ3v) is 4.49. The van der Waals surface area contributed by atoms with Gasteiger partial charge in [-0.1, -0.05) is 11.2 Å². The van der Waals surface area contributed by atoms with Gasteiger partial charge in [-0.05, 0) is 62.6 Å². The molecule has 1 fully saturated rings. The Hall–Kier alpha value is -2.62. The highest BCUT2D eigenvalue weighted by atomic mass is 32.1. The minimum Gasteiger partial charge on any atom is -0.334 e. The molecule has 24 heavy (non-hydrogen) atoms. The predicted octanol–water partition coefficient (Wildman–Crippen LogP) is 3.96. The minimum absolute atomic E-state index is 0.105. The van der Waals surface area contributed by atoms with Gasteiger partial charge < -0.3 is 4.90 Å². The number of anilines is 1. The fraction of sp³-hybridized carbons (Fsp3) is 0.438. The van der Waals surface area contributed by atoms with Crippen molar-refractivity contribution in [2.24, 2.45) is 5.11 Å². The number of hydrogen-bond acceptors (Lipinski definition) is 3. The van der Waals surface area contributed by atoms with Crippen LogP contribution in [0, 0.1) is 13.5 Å². The molecule has 0 bridgehead atoms. The van der Waals surface area contributed by atoms with E-state index in [1.54, 1.807) is 18.2 Å². The fourth-order valence-electron chi connectivity index (χ4n) is 2.69. The molecule has 124 valence electrons. The Morgan fingerprint density at radius 2 is 2.12 bits per heavy atom. The van der Waals surface area contributed by atoms with Gasteiger partial charge in [0.05, 0.1) is 6.57 Å². The van der Waals surface area contributed by atoms with E-state index in [1.165, 1.54) is 4.90 Å². The first-order valence-electron chi connectivity index (χ1n) is 7.49. The lowest BCUT2D eigenvalue weighted by Gasteiger charge is -2.29. The quantitative estimate of drug-likeness (QED) is 0.203. The number of hydrogen-bond donors (Lipinski definition) is 0. The fourth-order valence-corrected chi connectivity index (χ4v) is 3.19. The number of carbonyl (C=O) groups excluding carboxylic acids is 1. The molecule has 0 atom stereocenters. The van der Waals surface area contributed by atoms with E-state index in [0.717, 1.165) is 5.56 Å². The Kier molecular flexibility index (Phi) is 5.07. The van der Waals surface area contributed by atoms with Crippen LogP contribution in [0.4, 0.5) is 11.4 Å². The molecule has 1 aliphatic heterocycles. The molecule has 1 saturated heterocycles. The van der Waals surface area contributed by atoms with Crippen LogP contribution in [0.3, 0.4) is 0 Å². The monoisotopic (exact) mass is 342 g/mol. The van der Waals surface area contributed by atoms with Gasteiger partial charge in [0.15, 0.2) is 10.8 Å². The predicted molar refractivity (Wildman–Crippen MR) is 96.9 cm³/mol. The molecule has 0 aromatic heterocycles. The molecule has 0 aliphatic carbocycles. The molecule has 1 aliphatic rings. The standard InChI is InChI=1S/C16H18N6OS/c1-11-10-12(6-7-13(11)18-4)22-14(23)16(2,3)21(15(22)24)9-5-8-19-20-17/h6-7,10H,5,8-9H2,1-3H3. The van der Waals surface area contributed by atoms with E-state index in [-0.39, 0.29) is 5.91 Å².